The highest BCUT2D eigenvalue weighted by molar-refractivity contribution is 5.97. The number of rotatable bonds is 5. The number of hydrogen-bond acceptors (Lipinski definition) is 5. The summed E-state index contributed by atoms with van der Waals surface area (Å²) in [6, 6.07) is -1.01. The van der Waals surface area contributed by atoms with Gasteiger partial charge < -0.3 is 10.1 Å². The Bertz CT molecular complexity index is 448. The smallest absolute Gasteiger partial charge is 0.321 e. The second-order valence-electron chi connectivity index (χ2n) is 6.32. The molecule has 0 aromatic rings. The Labute approximate surface area is 130 Å². The van der Waals surface area contributed by atoms with E-state index in [1.54, 1.807) is 6.92 Å². The molecule has 0 spiro atoms. The molecule has 1 heterocycles. The maximum atomic E-state index is 12.1. The number of nitrogens with one attached hydrogen (secondary N) is 2. The van der Waals surface area contributed by atoms with Crippen molar-refractivity contribution in [3.63, 3.8) is 0 Å². The van der Waals surface area contributed by atoms with E-state index in [0.717, 1.165) is 12.8 Å². The summed E-state index contributed by atoms with van der Waals surface area (Å²) in [4.78, 5) is 37.7. The van der Waals surface area contributed by atoms with Crippen LogP contribution in [0.4, 0.5) is 4.79 Å². The van der Waals surface area contributed by atoms with Gasteiger partial charge in [-0.05, 0) is 33.6 Å². The Kier molecular flexibility index (Phi) is 5.52. The Balaban J connectivity index is 1.85. The first-order valence-corrected chi connectivity index (χ1v) is 7.89. The first kappa shape index (κ1) is 16.9. The number of Topliss-reactive ketones (excluding diaryl/α,β-unsaturated/α-hetero) is 1. The molecule has 0 unspecified atom stereocenters. The summed E-state index contributed by atoms with van der Waals surface area (Å²) >= 11 is 0. The van der Waals surface area contributed by atoms with Gasteiger partial charge in [0.15, 0.2) is 5.78 Å². The molecule has 7 nitrogen and oxygen atoms in total. The summed E-state index contributed by atoms with van der Waals surface area (Å²) < 4.78 is 5.53. The molecule has 7 heteroatoms. The number of nitrogens with zero attached hydrogens (tertiary/aromatic N) is 1. The molecule has 0 aromatic heterocycles. The minimum Gasteiger partial charge on any atom is -0.368 e. The number of ketones is 1. The molecule has 0 bridgehead atoms. The number of morpholine rings is 1. The number of hydrogen-bond donors (Lipinski definition) is 2. The molecule has 1 saturated carbocycles. The number of imide groups is 1. The monoisotopic (exact) mass is 311 g/mol. The van der Waals surface area contributed by atoms with Crippen LogP contribution in [0.5, 0.6) is 0 Å². The van der Waals surface area contributed by atoms with Crippen LogP contribution < -0.4 is 10.6 Å². The van der Waals surface area contributed by atoms with E-state index in [4.69, 9.17) is 4.74 Å². The second kappa shape index (κ2) is 7.19. The van der Waals surface area contributed by atoms with Gasteiger partial charge in [-0.25, -0.2) is 4.79 Å². The minimum absolute atomic E-state index is 0.0352. The minimum atomic E-state index is -0.495. The molecule has 1 aliphatic carbocycles. The van der Waals surface area contributed by atoms with E-state index in [-0.39, 0.29) is 23.7 Å². The molecule has 2 N–H and O–H groups in total. The lowest BCUT2D eigenvalue weighted by Gasteiger charge is -2.35. The molecule has 22 heavy (non-hydrogen) atoms. The van der Waals surface area contributed by atoms with Crippen LogP contribution in [0, 0.1) is 5.92 Å². The fraction of sp³-hybridized carbons (Fsp3) is 0.800. The number of amides is 3. The van der Waals surface area contributed by atoms with Crippen molar-refractivity contribution in [2.45, 2.75) is 51.8 Å². The van der Waals surface area contributed by atoms with Crippen LogP contribution in [0.1, 0.15) is 33.6 Å². The van der Waals surface area contributed by atoms with Crippen molar-refractivity contribution in [3.8, 4) is 0 Å². The van der Waals surface area contributed by atoms with Gasteiger partial charge >= 0.3 is 6.03 Å². The molecule has 124 valence electrons. The van der Waals surface area contributed by atoms with Crippen LogP contribution >= 0.6 is 0 Å². The highest BCUT2D eigenvalue weighted by Crippen LogP contribution is 2.32. The van der Waals surface area contributed by atoms with E-state index in [0.29, 0.717) is 19.7 Å². The molecule has 1 saturated heterocycles. The SMILES string of the molecule is CC(C)NC(=O)NC(=O)[C@@H](C)N1CCO[C@@H](C(=O)C2CC2)C1. The predicted octanol–water partition coefficient (Wildman–Crippen LogP) is 0.289. The maximum absolute atomic E-state index is 12.1. The zero-order chi connectivity index (χ0) is 16.3. The van der Waals surface area contributed by atoms with E-state index in [1.165, 1.54) is 0 Å². The maximum Gasteiger partial charge on any atom is 0.321 e. The first-order chi connectivity index (χ1) is 10.4. The van der Waals surface area contributed by atoms with E-state index in [1.807, 2.05) is 18.7 Å². The molecule has 2 rings (SSSR count). The third-order valence-corrected chi connectivity index (χ3v) is 3.98. The molecule has 2 aliphatic rings. The lowest BCUT2D eigenvalue weighted by atomic mass is 10.1. The largest absolute Gasteiger partial charge is 0.368 e. The fourth-order valence-corrected chi connectivity index (χ4v) is 2.50. The predicted molar refractivity (Wildman–Crippen MR) is 80.3 cm³/mol. The van der Waals surface area contributed by atoms with E-state index >= 15 is 0 Å². The Hall–Kier alpha value is -1.47. The van der Waals surface area contributed by atoms with Gasteiger partial charge in [0.05, 0.1) is 12.6 Å². The van der Waals surface area contributed by atoms with Gasteiger partial charge in [-0.1, -0.05) is 0 Å². The van der Waals surface area contributed by atoms with Crippen molar-refractivity contribution in [2.75, 3.05) is 19.7 Å². The quantitative estimate of drug-likeness (QED) is 0.762. The van der Waals surface area contributed by atoms with Crippen LogP contribution in [0.2, 0.25) is 0 Å². The average molecular weight is 311 g/mol. The number of carbonyl (C=O) groups excluding carboxylic acids is 3. The summed E-state index contributed by atoms with van der Waals surface area (Å²) in [7, 11) is 0. The second-order valence-corrected chi connectivity index (χ2v) is 6.32. The molecular formula is C15H25N3O4. The Morgan fingerprint density at radius 3 is 2.45 bits per heavy atom. The molecule has 2 fully saturated rings. The standard InChI is InChI=1S/C15H25N3O4/c1-9(2)16-15(21)17-14(20)10(3)18-6-7-22-12(8-18)13(19)11-4-5-11/h9-12H,4-8H2,1-3H3,(H2,16,17,20,21)/t10-,12-/m1/s1. The van der Waals surface area contributed by atoms with Gasteiger partial charge in [-0.2, -0.15) is 0 Å². The van der Waals surface area contributed by atoms with E-state index in [2.05, 4.69) is 10.6 Å². The normalized spacial score (nSPS) is 23.9. The zero-order valence-corrected chi connectivity index (χ0v) is 13.4. The molecule has 3 amide bonds. The summed E-state index contributed by atoms with van der Waals surface area (Å²) in [5.41, 5.74) is 0. The van der Waals surface area contributed by atoms with Crippen molar-refractivity contribution in [1.82, 2.24) is 15.5 Å². The van der Waals surface area contributed by atoms with Gasteiger partial charge in [0, 0.05) is 25.0 Å². The number of ether oxygens (including phenoxy) is 1. The molecule has 2 atom stereocenters. The Morgan fingerprint density at radius 1 is 1.18 bits per heavy atom. The Morgan fingerprint density at radius 2 is 1.86 bits per heavy atom. The highest BCUT2D eigenvalue weighted by atomic mass is 16.5. The third kappa shape index (κ3) is 4.51. The van der Waals surface area contributed by atoms with Crippen LogP contribution in [0.15, 0.2) is 0 Å². The molecule has 1 aliphatic heterocycles. The van der Waals surface area contributed by atoms with E-state index < -0.39 is 18.2 Å². The molecular weight excluding hydrogens is 286 g/mol. The highest BCUT2D eigenvalue weighted by Gasteiger charge is 2.39. The van der Waals surface area contributed by atoms with E-state index in [9.17, 15) is 14.4 Å². The first-order valence-electron chi connectivity index (χ1n) is 7.89. The third-order valence-electron chi connectivity index (χ3n) is 3.98. The lowest BCUT2D eigenvalue weighted by Crippen LogP contribution is -2.56. The van der Waals surface area contributed by atoms with Crippen LogP contribution in [-0.2, 0) is 14.3 Å². The molecule has 0 aromatic carbocycles. The van der Waals surface area contributed by atoms with Crippen LogP contribution in [-0.4, -0.2) is 60.5 Å². The van der Waals surface area contributed by atoms with Crippen molar-refractivity contribution in [3.05, 3.63) is 0 Å². The van der Waals surface area contributed by atoms with Gasteiger partial charge in [0.25, 0.3) is 0 Å². The van der Waals surface area contributed by atoms with Gasteiger partial charge in [-0.15, -0.1) is 0 Å². The molecule has 0 radical (unpaired) electrons. The zero-order valence-electron chi connectivity index (χ0n) is 13.4. The summed E-state index contributed by atoms with van der Waals surface area (Å²) in [5.74, 6) is -0.0709. The van der Waals surface area contributed by atoms with Gasteiger partial charge in [0.1, 0.15) is 6.10 Å². The topological polar surface area (TPSA) is 87.7 Å². The summed E-state index contributed by atoms with van der Waals surface area (Å²) in [5, 5.41) is 4.94. The summed E-state index contributed by atoms with van der Waals surface area (Å²) in [6.07, 6.45) is 1.45. The van der Waals surface area contributed by atoms with Crippen molar-refractivity contribution in [1.29, 1.82) is 0 Å². The summed E-state index contributed by atoms with van der Waals surface area (Å²) in [6.45, 7) is 6.80. The lowest BCUT2D eigenvalue weighted by molar-refractivity contribution is -0.142. The number of carbonyl (C=O) groups is 3. The number of urea groups is 1. The van der Waals surface area contributed by atoms with Crippen molar-refractivity contribution in [2.24, 2.45) is 5.92 Å². The van der Waals surface area contributed by atoms with Gasteiger partial charge in [-0.3, -0.25) is 19.8 Å². The fourth-order valence-electron chi connectivity index (χ4n) is 2.50. The van der Waals surface area contributed by atoms with Crippen LogP contribution in [0.3, 0.4) is 0 Å². The average Bonchev–Trinajstić information content (AvgIpc) is 3.29. The van der Waals surface area contributed by atoms with Crippen LogP contribution in [0.25, 0.3) is 0 Å². The van der Waals surface area contributed by atoms with Crippen molar-refractivity contribution < 1.29 is 19.1 Å². The van der Waals surface area contributed by atoms with Gasteiger partial charge in [0.2, 0.25) is 5.91 Å². The van der Waals surface area contributed by atoms with Crippen molar-refractivity contribution >= 4 is 17.7 Å².